The zero-order valence-corrected chi connectivity index (χ0v) is 13.3. The van der Waals surface area contributed by atoms with Gasteiger partial charge in [0.2, 0.25) is 5.91 Å². The van der Waals surface area contributed by atoms with Crippen molar-refractivity contribution in [1.29, 1.82) is 0 Å². The number of halogens is 1. The molecular weight excluding hydrogens is 336 g/mol. The molecule has 1 aromatic carbocycles. The molecular formula is C15H19BrN2O3. The molecule has 1 saturated carbocycles. The smallest absolute Gasteiger partial charge is 0.337 e. The molecule has 5 nitrogen and oxygen atoms in total. The van der Waals surface area contributed by atoms with Crippen LogP contribution < -0.4 is 11.1 Å². The predicted molar refractivity (Wildman–Crippen MR) is 84.4 cm³/mol. The molecule has 21 heavy (non-hydrogen) atoms. The molecule has 0 unspecified atom stereocenters. The van der Waals surface area contributed by atoms with E-state index in [2.05, 4.69) is 21.2 Å². The molecule has 0 radical (unpaired) electrons. The van der Waals surface area contributed by atoms with Gasteiger partial charge in [0, 0.05) is 16.4 Å². The monoisotopic (exact) mass is 354 g/mol. The number of rotatable bonds is 4. The fourth-order valence-electron chi connectivity index (χ4n) is 2.75. The first-order chi connectivity index (χ1) is 9.89. The minimum atomic E-state index is -1.08. The lowest BCUT2D eigenvalue weighted by Gasteiger charge is -2.32. The zero-order chi connectivity index (χ0) is 15.5. The van der Waals surface area contributed by atoms with Gasteiger partial charge in [0.1, 0.15) is 0 Å². The van der Waals surface area contributed by atoms with E-state index < -0.39 is 11.5 Å². The quantitative estimate of drug-likeness (QED) is 0.774. The maximum Gasteiger partial charge on any atom is 0.337 e. The van der Waals surface area contributed by atoms with Gasteiger partial charge < -0.3 is 16.2 Å². The summed E-state index contributed by atoms with van der Waals surface area (Å²) < 4.78 is 0.653. The number of nitrogens with two attached hydrogens (primary N) is 1. The lowest BCUT2D eigenvalue weighted by atomic mass is 9.80. The second kappa shape index (κ2) is 6.58. The van der Waals surface area contributed by atoms with Crippen LogP contribution in [0.4, 0.5) is 5.69 Å². The lowest BCUT2D eigenvalue weighted by Crippen LogP contribution is -2.44. The van der Waals surface area contributed by atoms with Crippen molar-refractivity contribution >= 4 is 33.5 Å². The molecule has 1 aliphatic rings. The molecule has 1 fully saturated rings. The van der Waals surface area contributed by atoms with E-state index >= 15 is 0 Å². The van der Waals surface area contributed by atoms with E-state index in [0.717, 1.165) is 32.1 Å². The molecule has 1 aliphatic carbocycles. The van der Waals surface area contributed by atoms with Crippen LogP contribution in [0, 0.1) is 0 Å². The fraction of sp³-hybridized carbons (Fsp3) is 0.467. The molecule has 1 aromatic rings. The largest absolute Gasteiger partial charge is 0.478 e. The van der Waals surface area contributed by atoms with Crippen molar-refractivity contribution in [2.45, 2.75) is 44.1 Å². The van der Waals surface area contributed by atoms with Gasteiger partial charge >= 0.3 is 5.97 Å². The highest BCUT2D eigenvalue weighted by Gasteiger charge is 2.30. The second-order valence-corrected chi connectivity index (χ2v) is 6.56. The number of anilines is 1. The van der Waals surface area contributed by atoms with Crippen LogP contribution in [0.5, 0.6) is 0 Å². The van der Waals surface area contributed by atoms with Gasteiger partial charge in [-0.25, -0.2) is 4.79 Å². The first kappa shape index (κ1) is 16.0. The third kappa shape index (κ3) is 4.28. The third-order valence-electron chi connectivity index (χ3n) is 3.85. The summed E-state index contributed by atoms with van der Waals surface area (Å²) in [5.74, 6) is -1.31. The molecule has 0 heterocycles. The van der Waals surface area contributed by atoms with Crippen LogP contribution in [0.15, 0.2) is 22.7 Å². The van der Waals surface area contributed by atoms with Gasteiger partial charge in [0.15, 0.2) is 0 Å². The van der Waals surface area contributed by atoms with Crippen molar-refractivity contribution < 1.29 is 14.7 Å². The zero-order valence-electron chi connectivity index (χ0n) is 11.7. The van der Waals surface area contributed by atoms with E-state index in [1.165, 1.54) is 6.07 Å². The van der Waals surface area contributed by atoms with Crippen LogP contribution in [0.2, 0.25) is 0 Å². The summed E-state index contributed by atoms with van der Waals surface area (Å²) in [7, 11) is 0. The highest BCUT2D eigenvalue weighted by molar-refractivity contribution is 9.10. The summed E-state index contributed by atoms with van der Waals surface area (Å²) in [4.78, 5) is 23.4. The molecule has 0 spiro atoms. The van der Waals surface area contributed by atoms with Gasteiger partial charge in [-0.05, 0) is 31.0 Å². The highest BCUT2D eigenvalue weighted by atomic mass is 79.9. The van der Waals surface area contributed by atoms with Gasteiger partial charge in [-0.1, -0.05) is 35.2 Å². The van der Waals surface area contributed by atoms with E-state index in [1.807, 2.05) is 0 Å². The number of carbonyl (C=O) groups is 2. The molecule has 6 heteroatoms. The van der Waals surface area contributed by atoms with Crippen LogP contribution in [0.25, 0.3) is 0 Å². The molecule has 0 aliphatic heterocycles. The van der Waals surface area contributed by atoms with Crippen molar-refractivity contribution in [3.05, 3.63) is 28.2 Å². The van der Waals surface area contributed by atoms with Crippen LogP contribution >= 0.6 is 15.9 Å². The van der Waals surface area contributed by atoms with Crippen LogP contribution in [-0.4, -0.2) is 22.5 Å². The van der Waals surface area contributed by atoms with Crippen molar-refractivity contribution in [3.63, 3.8) is 0 Å². The van der Waals surface area contributed by atoms with Gasteiger partial charge in [0.25, 0.3) is 0 Å². The van der Waals surface area contributed by atoms with Gasteiger partial charge in [-0.15, -0.1) is 0 Å². The number of amides is 1. The van der Waals surface area contributed by atoms with E-state index in [1.54, 1.807) is 12.1 Å². The minimum Gasteiger partial charge on any atom is -0.478 e. The Kier molecular flexibility index (Phi) is 5.00. The summed E-state index contributed by atoms with van der Waals surface area (Å²) in [5, 5.41) is 11.8. The van der Waals surface area contributed by atoms with E-state index in [-0.39, 0.29) is 17.9 Å². The maximum atomic E-state index is 12.1. The topological polar surface area (TPSA) is 92.4 Å². The Morgan fingerprint density at radius 1 is 1.29 bits per heavy atom. The number of carboxylic acid groups (broad SMARTS) is 1. The number of carboxylic acids is 1. The third-order valence-corrected chi connectivity index (χ3v) is 4.34. The van der Waals surface area contributed by atoms with Crippen LogP contribution in [0.3, 0.4) is 0 Å². The van der Waals surface area contributed by atoms with Gasteiger partial charge in [0.05, 0.1) is 11.3 Å². The number of hydrogen-bond acceptors (Lipinski definition) is 3. The Morgan fingerprint density at radius 3 is 2.57 bits per heavy atom. The first-order valence-corrected chi connectivity index (χ1v) is 7.80. The summed E-state index contributed by atoms with van der Waals surface area (Å²) >= 11 is 3.22. The Bertz CT molecular complexity index is 554. The molecule has 0 bridgehead atoms. The predicted octanol–water partition coefficient (Wildman–Crippen LogP) is 3.14. The normalized spacial score (nSPS) is 17.2. The molecule has 1 amide bonds. The number of hydrogen-bond donors (Lipinski definition) is 3. The SMILES string of the molecule is NC1(CC(=O)Nc2ccc(Br)cc2C(=O)O)CCCCC1. The van der Waals surface area contributed by atoms with E-state index in [9.17, 15) is 14.7 Å². The van der Waals surface area contributed by atoms with Gasteiger partial charge in [-0.3, -0.25) is 4.79 Å². The number of nitrogens with one attached hydrogen (secondary N) is 1. The summed E-state index contributed by atoms with van der Waals surface area (Å²) in [6, 6.07) is 4.74. The maximum absolute atomic E-state index is 12.1. The molecule has 4 N–H and O–H groups in total. The van der Waals surface area contributed by atoms with Crippen molar-refractivity contribution in [2.75, 3.05) is 5.32 Å². The van der Waals surface area contributed by atoms with Crippen molar-refractivity contribution in [2.24, 2.45) is 5.73 Å². The average molecular weight is 355 g/mol. The van der Waals surface area contributed by atoms with E-state index in [0.29, 0.717) is 10.2 Å². The summed E-state index contributed by atoms with van der Waals surface area (Å²) in [5.41, 5.74) is 6.16. The Labute approximate surface area is 132 Å². The number of aromatic carboxylic acids is 1. The molecule has 2 rings (SSSR count). The second-order valence-electron chi connectivity index (χ2n) is 5.64. The highest BCUT2D eigenvalue weighted by Crippen LogP contribution is 2.29. The Morgan fingerprint density at radius 2 is 1.95 bits per heavy atom. The molecule has 0 aromatic heterocycles. The summed E-state index contributed by atoms with van der Waals surface area (Å²) in [6.07, 6.45) is 5.16. The fourth-order valence-corrected chi connectivity index (χ4v) is 3.11. The number of carbonyl (C=O) groups excluding carboxylic acids is 1. The average Bonchev–Trinajstić information content (AvgIpc) is 2.40. The van der Waals surface area contributed by atoms with Crippen molar-refractivity contribution in [3.8, 4) is 0 Å². The number of benzene rings is 1. The first-order valence-electron chi connectivity index (χ1n) is 7.01. The van der Waals surface area contributed by atoms with Crippen molar-refractivity contribution in [1.82, 2.24) is 0 Å². The van der Waals surface area contributed by atoms with Gasteiger partial charge in [-0.2, -0.15) is 0 Å². The molecule has 0 atom stereocenters. The lowest BCUT2D eigenvalue weighted by molar-refractivity contribution is -0.117. The van der Waals surface area contributed by atoms with Crippen LogP contribution in [-0.2, 0) is 4.79 Å². The Balaban J connectivity index is 2.07. The minimum absolute atomic E-state index is 0.0624. The van der Waals surface area contributed by atoms with E-state index in [4.69, 9.17) is 5.73 Å². The molecule has 0 saturated heterocycles. The van der Waals surface area contributed by atoms with Crippen LogP contribution in [0.1, 0.15) is 48.9 Å². The Hall–Kier alpha value is -1.40. The standard InChI is InChI=1S/C15H19BrN2O3/c16-10-4-5-12(11(8-10)14(20)21)18-13(19)9-15(17)6-2-1-3-7-15/h4-5,8H,1-3,6-7,9,17H2,(H,18,19)(H,20,21). The summed E-state index contributed by atoms with van der Waals surface area (Å²) in [6.45, 7) is 0. The molecule has 114 valence electrons.